The second-order valence-corrected chi connectivity index (χ2v) is 8.07. The van der Waals surface area contributed by atoms with Crippen LogP contribution in [0, 0.1) is 5.92 Å². The average Bonchev–Trinajstić information content (AvgIpc) is 3.26. The largest absolute Gasteiger partial charge is 0.399 e. The van der Waals surface area contributed by atoms with Crippen LogP contribution in [0.15, 0.2) is 77.9 Å². The number of nitrogens with zero attached hydrogens (tertiary/aromatic N) is 2. The zero-order chi connectivity index (χ0) is 22.9. The molecule has 0 fully saturated rings. The van der Waals surface area contributed by atoms with Gasteiger partial charge in [0, 0.05) is 22.5 Å². The second-order valence-electron chi connectivity index (χ2n) is 8.07. The maximum absolute atomic E-state index is 13.3. The van der Waals surface area contributed by atoms with Crippen molar-refractivity contribution in [1.29, 1.82) is 0 Å². The van der Waals surface area contributed by atoms with E-state index < -0.39 is 18.0 Å². The third-order valence-electron chi connectivity index (χ3n) is 5.82. The van der Waals surface area contributed by atoms with E-state index in [-0.39, 0.29) is 5.91 Å². The number of amides is 3. The summed E-state index contributed by atoms with van der Waals surface area (Å²) >= 11 is 0. The van der Waals surface area contributed by atoms with Crippen molar-refractivity contribution in [1.82, 2.24) is 15.5 Å². The monoisotopic (exact) mass is 438 g/mol. The van der Waals surface area contributed by atoms with Crippen molar-refractivity contribution in [2.45, 2.75) is 13.0 Å². The number of nitrogens with two attached hydrogens (primary N) is 1. The number of carbonyl (C=O) groups excluding carboxylic acids is 2. The van der Waals surface area contributed by atoms with Gasteiger partial charge in [0.1, 0.15) is 5.92 Å². The molecule has 3 aromatic carbocycles. The van der Waals surface area contributed by atoms with Gasteiger partial charge in [0.25, 0.3) is 0 Å². The fraction of sp³-hybridized carbons (Fsp3) is 0.120. The molecule has 1 aliphatic heterocycles. The van der Waals surface area contributed by atoms with Crippen LogP contribution in [0.5, 0.6) is 0 Å². The number of hydrogen-bond donors (Lipinski definition) is 4. The molecule has 0 spiro atoms. The van der Waals surface area contributed by atoms with Crippen LogP contribution in [-0.4, -0.2) is 27.8 Å². The summed E-state index contributed by atoms with van der Waals surface area (Å²) in [5.41, 5.74) is 11.4. The van der Waals surface area contributed by atoms with Gasteiger partial charge in [-0.2, -0.15) is 5.10 Å². The fourth-order valence-corrected chi connectivity index (χ4v) is 4.18. The number of aromatic amines is 1. The van der Waals surface area contributed by atoms with Crippen LogP contribution in [0.3, 0.4) is 0 Å². The summed E-state index contributed by atoms with van der Waals surface area (Å²) in [5, 5.41) is 13.6. The Bertz CT molecular complexity index is 1390. The Morgan fingerprint density at radius 3 is 2.64 bits per heavy atom. The summed E-state index contributed by atoms with van der Waals surface area (Å²) in [5.74, 6) is -0.898. The minimum absolute atomic E-state index is 0.246. The highest BCUT2D eigenvalue weighted by Gasteiger charge is 2.36. The SMILES string of the molecule is CC1=NC(=O)NC(c2ccc(-c3cccc(N)c3)cc2)C1C(=O)Nc1ccc2[nH]ncc2c1. The van der Waals surface area contributed by atoms with Crippen molar-refractivity contribution in [3.8, 4) is 11.1 Å². The standard InChI is InChI=1S/C25H22N6O2/c1-14-22(24(32)29-20-9-10-21-18(12-20)13-27-31-21)23(30-25(33)28-14)16-7-5-15(6-8-16)17-3-2-4-19(26)11-17/h2-13,22-23H,26H2,1H3,(H,27,31)(H,29,32)(H,30,33). The molecule has 0 aliphatic carbocycles. The minimum Gasteiger partial charge on any atom is -0.399 e. The normalized spacial score (nSPS) is 18.0. The average molecular weight is 438 g/mol. The molecule has 8 heteroatoms. The molecule has 5 N–H and O–H groups in total. The van der Waals surface area contributed by atoms with Gasteiger partial charge in [0.05, 0.1) is 17.8 Å². The number of benzene rings is 3. The Balaban J connectivity index is 1.43. The van der Waals surface area contributed by atoms with E-state index in [4.69, 9.17) is 5.73 Å². The first-order chi connectivity index (χ1) is 16.0. The molecule has 3 amide bonds. The maximum Gasteiger partial charge on any atom is 0.341 e. The first kappa shape index (κ1) is 20.4. The molecular weight excluding hydrogens is 416 g/mol. The Labute approximate surface area is 189 Å². The number of hydrogen-bond acceptors (Lipinski definition) is 4. The molecule has 1 aromatic heterocycles. The topological polar surface area (TPSA) is 125 Å². The molecule has 0 bridgehead atoms. The highest BCUT2D eigenvalue weighted by Crippen LogP contribution is 2.31. The van der Waals surface area contributed by atoms with Crippen LogP contribution >= 0.6 is 0 Å². The zero-order valence-electron chi connectivity index (χ0n) is 17.9. The van der Waals surface area contributed by atoms with Gasteiger partial charge in [-0.05, 0) is 53.9 Å². The van der Waals surface area contributed by atoms with Gasteiger partial charge in [0.15, 0.2) is 0 Å². The summed E-state index contributed by atoms with van der Waals surface area (Å²) in [7, 11) is 0. The fourth-order valence-electron chi connectivity index (χ4n) is 4.18. The Morgan fingerprint density at radius 2 is 1.85 bits per heavy atom. The van der Waals surface area contributed by atoms with Crippen LogP contribution in [0.1, 0.15) is 18.5 Å². The summed E-state index contributed by atoms with van der Waals surface area (Å²) in [4.78, 5) is 29.5. The molecule has 0 saturated heterocycles. The van der Waals surface area contributed by atoms with Gasteiger partial charge in [-0.3, -0.25) is 9.89 Å². The molecule has 0 radical (unpaired) electrons. The van der Waals surface area contributed by atoms with E-state index in [1.807, 2.05) is 66.7 Å². The van der Waals surface area contributed by atoms with Gasteiger partial charge in [0.2, 0.25) is 5.91 Å². The zero-order valence-corrected chi connectivity index (χ0v) is 17.9. The van der Waals surface area contributed by atoms with Gasteiger partial charge in [-0.25, -0.2) is 9.79 Å². The van der Waals surface area contributed by atoms with Crippen molar-refractivity contribution in [2.75, 3.05) is 11.1 Å². The quantitative estimate of drug-likeness (QED) is 0.355. The lowest BCUT2D eigenvalue weighted by Gasteiger charge is -2.30. The van der Waals surface area contributed by atoms with Crippen LogP contribution in [0.4, 0.5) is 16.2 Å². The minimum atomic E-state index is -0.652. The van der Waals surface area contributed by atoms with Crippen LogP contribution in [0.2, 0.25) is 0 Å². The van der Waals surface area contributed by atoms with Crippen molar-refractivity contribution in [3.63, 3.8) is 0 Å². The molecule has 2 unspecified atom stereocenters. The van der Waals surface area contributed by atoms with Crippen LogP contribution < -0.4 is 16.4 Å². The Kier molecular flexibility index (Phi) is 5.10. The van der Waals surface area contributed by atoms with E-state index in [9.17, 15) is 9.59 Å². The highest BCUT2D eigenvalue weighted by atomic mass is 16.2. The summed E-state index contributed by atoms with van der Waals surface area (Å²) in [6, 6.07) is 19.9. The maximum atomic E-state index is 13.3. The summed E-state index contributed by atoms with van der Waals surface area (Å²) in [6.07, 6.45) is 1.70. The molecular formula is C25H22N6O2. The number of anilines is 2. The highest BCUT2D eigenvalue weighted by molar-refractivity contribution is 6.13. The molecule has 1 aliphatic rings. The van der Waals surface area contributed by atoms with E-state index in [1.165, 1.54) is 0 Å². The number of urea groups is 1. The van der Waals surface area contributed by atoms with E-state index in [0.29, 0.717) is 17.1 Å². The van der Waals surface area contributed by atoms with Crippen molar-refractivity contribution in [3.05, 3.63) is 78.5 Å². The predicted octanol–water partition coefficient (Wildman–Crippen LogP) is 4.29. The molecule has 5 rings (SSSR count). The lowest BCUT2D eigenvalue weighted by atomic mass is 9.86. The molecule has 0 saturated carbocycles. The number of H-pyrrole nitrogens is 1. The van der Waals surface area contributed by atoms with Crippen molar-refractivity contribution < 1.29 is 9.59 Å². The number of carbonyl (C=O) groups is 2. The van der Waals surface area contributed by atoms with E-state index in [0.717, 1.165) is 27.6 Å². The molecule has 2 atom stereocenters. The molecule has 164 valence electrons. The number of nitrogen functional groups attached to an aromatic ring is 1. The second kappa shape index (κ2) is 8.23. The van der Waals surface area contributed by atoms with Crippen LogP contribution in [-0.2, 0) is 4.79 Å². The van der Waals surface area contributed by atoms with Crippen molar-refractivity contribution >= 4 is 39.9 Å². The number of aromatic nitrogens is 2. The smallest absolute Gasteiger partial charge is 0.341 e. The third kappa shape index (κ3) is 4.06. The third-order valence-corrected chi connectivity index (χ3v) is 5.82. The molecule has 4 aromatic rings. The number of fused-ring (bicyclic) bond motifs is 1. The predicted molar refractivity (Wildman–Crippen MR) is 129 cm³/mol. The summed E-state index contributed by atoms with van der Waals surface area (Å²) in [6.45, 7) is 1.70. The Hall–Kier alpha value is -4.46. The number of nitrogens with one attached hydrogen (secondary N) is 3. The lowest BCUT2D eigenvalue weighted by Crippen LogP contribution is -2.45. The number of rotatable bonds is 4. The number of aliphatic imine (C=N–C) groups is 1. The van der Waals surface area contributed by atoms with E-state index >= 15 is 0 Å². The van der Waals surface area contributed by atoms with E-state index in [1.54, 1.807) is 13.1 Å². The first-order valence-electron chi connectivity index (χ1n) is 10.5. The lowest BCUT2D eigenvalue weighted by molar-refractivity contribution is -0.118. The molecule has 33 heavy (non-hydrogen) atoms. The Morgan fingerprint density at radius 1 is 1.03 bits per heavy atom. The molecule has 2 heterocycles. The summed E-state index contributed by atoms with van der Waals surface area (Å²) < 4.78 is 0. The van der Waals surface area contributed by atoms with Gasteiger partial charge >= 0.3 is 6.03 Å². The van der Waals surface area contributed by atoms with Gasteiger partial charge < -0.3 is 16.4 Å². The van der Waals surface area contributed by atoms with E-state index in [2.05, 4.69) is 25.8 Å². The van der Waals surface area contributed by atoms with Crippen molar-refractivity contribution in [2.24, 2.45) is 10.9 Å². The first-order valence-corrected chi connectivity index (χ1v) is 10.5. The van der Waals surface area contributed by atoms with Gasteiger partial charge in [-0.1, -0.05) is 36.4 Å². The van der Waals surface area contributed by atoms with Crippen LogP contribution in [0.25, 0.3) is 22.0 Å². The van der Waals surface area contributed by atoms with Gasteiger partial charge in [-0.15, -0.1) is 0 Å². The molecule has 8 nitrogen and oxygen atoms in total.